The third-order valence-corrected chi connectivity index (χ3v) is 6.97. The minimum absolute atomic E-state index is 0.125. The van der Waals surface area contributed by atoms with Crippen molar-refractivity contribution in [2.45, 2.75) is 52.6 Å². The van der Waals surface area contributed by atoms with Gasteiger partial charge in [-0.1, -0.05) is 37.7 Å². The number of hydrogen-bond acceptors (Lipinski definition) is 7. The van der Waals surface area contributed by atoms with Crippen LogP contribution in [0.5, 0.6) is 0 Å². The van der Waals surface area contributed by atoms with Gasteiger partial charge in [0.25, 0.3) is 0 Å². The Hall–Kier alpha value is -2.94. The van der Waals surface area contributed by atoms with Crippen LogP contribution in [-0.4, -0.2) is 67.5 Å². The first-order valence-electron chi connectivity index (χ1n) is 11.7. The number of aromatic nitrogens is 5. The van der Waals surface area contributed by atoms with E-state index in [0.29, 0.717) is 18.8 Å². The van der Waals surface area contributed by atoms with Gasteiger partial charge in [-0.15, -0.1) is 10.2 Å². The van der Waals surface area contributed by atoms with Gasteiger partial charge < -0.3 is 9.80 Å². The molecule has 2 aromatic heterocycles. The number of amides is 1. The number of hydrogen-bond donors (Lipinski definition) is 0. The molecule has 0 bridgehead atoms. The Kier molecular flexibility index (Phi) is 7.21. The van der Waals surface area contributed by atoms with E-state index in [1.807, 2.05) is 29.4 Å². The fraction of sp³-hybridized carbons (Fsp3) is 0.480. The van der Waals surface area contributed by atoms with Crippen molar-refractivity contribution in [3.63, 3.8) is 0 Å². The first kappa shape index (κ1) is 24.2. The fourth-order valence-electron chi connectivity index (χ4n) is 4.07. The molecule has 1 fully saturated rings. The van der Waals surface area contributed by atoms with E-state index in [0.717, 1.165) is 52.7 Å². The van der Waals surface area contributed by atoms with Crippen LogP contribution >= 0.6 is 11.8 Å². The monoisotopic (exact) mass is 479 g/mol. The Labute approximate surface area is 205 Å². The molecule has 4 rings (SSSR count). The smallest absolute Gasteiger partial charge is 0.233 e. The van der Waals surface area contributed by atoms with E-state index in [9.17, 15) is 4.79 Å². The van der Waals surface area contributed by atoms with Gasteiger partial charge in [0, 0.05) is 43.9 Å². The molecular formula is C25H33N7OS. The molecule has 9 heteroatoms. The van der Waals surface area contributed by atoms with E-state index in [1.54, 1.807) is 0 Å². The molecule has 3 heterocycles. The quantitative estimate of drug-likeness (QED) is 0.497. The molecule has 0 radical (unpaired) electrons. The zero-order valence-corrected chi connectivity index (χ0v) is 21.7. The van der Waals surface area contributed by atoms with Gasteiger partial charge in [0.2, 0.25) is 5.91 Å². The maximum atomic E-state index is 13.0. The topological polar surface area (TPSA) is 80.0 Å². The Morgan fingerprint density at radius 2 is 1.74 bits per heavy atom. The van der Waals surface area contributed by atoms with E-state index in [1.165, 1.54) is 17.3 Å². The SMILES string of the molecule is Cc1ccc(C)c(-n2c(C)nnc2SCC(=O)N2CCN(c3cc(C)nc(C(C)C)n3)CC2)c1. The van der Waals surface area contributed by atoms with Crippen molar-refractivity contribution in [3.8, 4) is 5.69 Å². The van der Waals surface area contributed by atoms with Crippen LogP contribution in [0.1, 0.15) is 48.2 Å². The Morgan fingerprint density at radius 3 is 2.44 bits per heavy atom. The minimum Gasteiger partial charge on any atom is -0.353 e. The lowest BCUT2D eigenvalue weighted by Crippen LogP contribution is -2.49. The molecule has 1 amide bonds. The van der Waals surface area contributed by atoms with Crippen molar-refractivity contribution in [3.05, 3.63) is 52.7 Å². The number of piperazine rings is 1. The van der Waals surface area contributed by atoms with E-state index in [2.05, 4.69) is 66.0 Å². The number of thioether (sulfide) groups is 1. The van der Waals surface area contributed by atoms with E-state index in [-0.39, 0.29) is 11.8 Å². The number of carbonyl (C=O) groups excluding carboxylic acids is 1. The molecular weight excluding hydrogens is 446 g/mol. The molecule has 0 N–H and O–H groups in total. The lowest BCUT2D eigenvalue weighted by Gasteiger charge is -2.35. The van der Waals surface area contributed by atoms with E-state index < -0.39 is 0 Å². The molecule has 0 saturated carbocycles. The number of anilines is 1. The lowest BCUT2D eigenvalue weighted by atomic mass is 10.1. The van der Waals surface area contributed by atoms with Crippen molar-refractivity contribution in [2.24, 2.45) is 0 Å². The number of carbonyl (C=O) groups is 1. The Balaban J connectivity index is 1.38. The molecule has 0 spiro atoms. The number of aryl methyl sites for hydroxylation is 4. The van der Waals surface area contributed by atoms with Gasteiger partial charge in [0.05, 0.1) is 11.4 Å². The number of rotatable bonds is 6. The maximum Gasteiger partial charge on any atom is 0.233 e. The van der Waals surface area contributed by atoms with E-state index >= 15 is 0 Å². The molecule has 1 saturated heterocycles. The number of benzene rings is 1. The molecule has 1 aliphatic rings. The molecule has 0 aliphatic carbocycles. The predicted molar refractivity (Wildman–Crippen MR) is 136 cm³/mol. The summed E-state index contributed by atoms with van der Waals surface area (Å²) in [6.07, 6.45) is 0. The zero-order valence-electron chi connectivity index (χ0n) is 20.9. The molecule has 34 heavy (non-hydrogen) atoms. The van der Waals surface area contributed by atoms with Crippen LogP contribution in [0, 0.1) is 27.7 Å². The Morgan fingerprint density at radius 1 is 1.00 bits per heavy atom. The summed E-state index contributed by atoms with van der Waals surface area (Å²) in [4.78, 5) is 26.5. The minimum atomic E-state index is 0.125. The second kappa shape index (κ2) is 10.1. The van der Waals surface area contributed by atoms with E-state index in [4.69, 9.17) is 4.98 Å². The van der Waals surface area contributed by atoms with Crippen molar-refractivity contribution >= 4 is 23.5 Å². The lowest BCUT2D eigenvalue weighted by molar-refractivity contribution is -0.128. The van der Waals surface area contributed by atoms with Crippen LogP contribution in [0.15, 0.2) is 29.4 Å². The molecule has 1 aliphatic heterocycles. The highest BCUT2D eigenvalue weighted by molar-refractivity contribution is 7.99. The average molecular weight is 480 g/mol. The second-order valence-electron chi connectivity index (χ2n) is 9.19. The van der Waals surface area contributed by atoms with Gasteiger partial charge in [-0.2, -0.15) is 0 Å². The molecule has 180 valence electrons. The van der Waals surface area contributed by atoms with Crippen molar-refractivity contribution in [1.82, 2.24) is 29.6 Å². The second-order valence-corrected chi connectivity index (χ2v) is 10.1. The highest BCUT2D eigenvalue weighted by Crippen LogP contribution is 2.25. The van der Waals surface area contributed by atoms with Crippen LogP contribution in [-0.2, 0) is 4.79 Å². The molecule has 1 aromatic carbocycles. The van der Waals surface area contributed by atoms with Gasteiger partial charge >= 0.3 is 0 Å². The predicted octanol–water partition coefficient (Wildman–Crippen LogP) is 3.86. The highest BCUT2D eigenvalue weighted by Gasteiger charge is 2.24. The molecule has 8 nitrogen and oxygen atoms in total. The maximum absolute atomic E-state index is 13.0. The summed E-state index contributed by atoms with van der Waals surface area (Å²) in [5.74, 6) is 3.39. The zero-order chi connectivity index (χ0) is 24.4. The summed E-state index contributed by atoms with van der Waals surface area (Å²) in [5.41, 5.74) is 4.37. The van der Waals surface area contributed by atoms with Gasteiger partial charge in [-0.25, -0.2) is 9.97 Å². The summed E-state index contributed by atoms with van der Waals surface area (Å²) in [6.45, 7) is 15.2. The van der Waals surface area contributed by atoms with Gasteiger partial charge in [0.15, 0.2) is 5.16 Å². The van der Waals surface area contributed by atoms with Crippen LogP contribution in [0.25, 0.3) is 5.69 Å². The van der Waals surface area contributed by atoms with Crippen LogP contribution in [0.3, 0.4) is 0 Å². The summed E-state index contributed by atoms with van der Waals surface area (Å²) < 4.78 is 2.04. The third-order valence-electron chi connectivity index (χ3n) is 6.06. The fourth-order valence-corrected chi connectivity index (χ4v) is 4.96. The largest absolute Gasteiger partial charge is 0.353 e. The summed E-state index contributed by atoms with van der Waals surface area (Å²) >= 11 is 1.45. The van der Waals surface area contributed by atoms with Crippen LogP contribution < -0.4 is 4.90 Å². The first-order chi connectivity index (χ1) is 16.2. The highest BCUT2D eigenvalue weighted by atomic mass is 32.2. The first-order valence-corrected chi connectivity index (χ1v) is 12.7. The summed E-state index contributed by atoms with van der Waals surface area (Å²) in [7, 11) is 0. The van der Waals surface area contributed by atoms with Crippen LogP contribution in [0.4, 0.5) is 5.82 Å². The van der Waals surface area contributed by atoms with Crippen molar-refractivity contribution in [2.75, 3.05) is 36.8 Å². The average Bonchev–Trinajstić information content (AvgIpc) is 3.18. The van der Waals surface area contributed by atoms with Gasteiger partial charge in [-0.3, -0.25) is 9.36 Å². The van der Waals surface area contributed by atoms with Gasteiger partial charge in [-0.05, 0) is 44.9 Å². The number of nitrogens with zero attached hydrogens (tertiary/aromatic N) is 7. The molecule has 3 aromatic rings. The molecule has 0 unspecified atom stereocenters. The molecule has 0 atom stereocenters. The van der Waals surface area contributed by atoms with Crippen molar-refractivity contribution < 1.29 is 4.79 Å². The van der Waals surface area contributed by atoms with Crippen molar-refractivity contribution in [1.29, 1.82) is 0 Å². The summed E-state index contributed by atoms with van der Waals surface area (Å²) in [5, 5.41) is 9.36. The standard InChI is InChI=1S/C25H33N7OS/c1-16(2)24-26-19(5)14-22(27-24)30-9-11-31(12-10-30)23(33)15-34-25-29-28-20(6)32(25)21-13-17(3)7-8-18(21)4/h7-8,13-14,16H,9-12,15H2,1-6H3. The Bertz CT molecular complexity index is 1180. The third kappa shape index (κ3) is 5.24. The normalized spacial score (nSPS) is 14.2. The van der Waals surface area contributed by atoms with Gasteiger partial charge in [0.1, 0.15) is 17.5 Å². The summed E-state index contributed by atoms with van der Waals surface area (Å²) in [6, 6.07) is 8.37. The van der Waals surface area contributed by atoms with Crippen LogP contribution in [0.2, 0.25) is 0 Å².